The highest BCUT2D eigenvalue weighted by Gasteiger charge is 2.20. The van der Waals surface area contributed by atoms with E-state index in [1.807, 2.05) is 0 Å². The number of carboxylic acid groups (broad SMARTS) is 1. The molecule has 1 aromatic carbocycles. The molecule has 1 rings (SSSR count). The van der Waals surface area contributed by atoms with E-state index < -0.39 is 12.0 Å². The molecule has 0 aliphatic heterocycles. The van der Waals surface area contributed by atoms with Gasteiger partial charge in [-0.1, -0.05) is 63.3 Å². The van der Waals surface area contributed by atoms with Gasteiger partial charge in [-0.05, 0) is 43.4 Å². The summed E-state index contributed by atoms with van der Waals surface area (Å²) in [6, 6.07) is 5.40. The van der Waals surface area contributed by atoms with E-state index in [9.17, 15) is 19.8 Å². The number of aromatic hydroxyl groups is 1. The lowest BCUT2D eigenvalue weighted by molar-refractivity contribution is -0.141. The van der Waals surface area contributed by atoms with Gasteiger partial charge in [0.1, 0.15) is 11.8 Å². The van der Waals surface area contributed by atoms with Crippen LogP contribution in [-0.4, -0.2) is 28.1 Å². The van der Waals surface area contributed by atoms with Gasteiger partial charge >= 0.3 is 5.97 Å². The summed E-state index contributed by atoms with van der Waals surface area (Å²) in [6.07, 6.45) is 15.1. The maximum absolute atomic E-state index is 12.0. The summed E-state index contributed by atoms with van der Waals surface area (Å²) in [6.45, 7) is 2.20. The molecule has 5 nitrogen and oxygen atoms in total. The van der Waals surface area contributed by atoms with Crippen LogP contribution in [0.2, 0.25) is 0 Å². The Morgan fingerprint density at radius 1 is 0.964 bits per heavy atom. The molecule has 0 spiro atoms. The van der Waals surface area contributed by atoms with Crippen LogP contribution in [0, 0.1) is 0 Å². The topological polar surface area (TPSA) is 86.6 Å². The van der Waals surface area contributed by atoms with Crippen molar-refractivity contribution in [2.24, 2.45) is 0 Å². The highest BCUT2D eigenvalue weighted by atomic mass is 16.4. The van der Waals surface area contributed by atoms with Gasteiger partial charge in [-0.15, -0.1) is 0 Å². The Morgan fingerprint density at radius 2 is 1.57 bits per heavy atom. The van der Waals surface area contributed by atoms with Crippen LogP contribution in [-0.2, 0) is 16.0 Å². The third-order valence-electron chi connectivity index (χ3n) is 4.68. The number of phenolic OH excluding ortho intramolecular Hbond substituents is 1. The fourth-order valence-corrected chi connectivity index (χ4v) is 2.97. The van der Waals surface area contributed by atoms with Crippen LogP contribution in [0.25, 0.3) is 0 Å². The van der Waals surface area contributed by atoms with Crippen LogP contribution in [0.15, 0.2) is 36.4 Å². The highest BCUT2D eigenvalue weighted by Crippen LogP contribution is 2.12. The Bertz CT molecular complexity index is 595. The number of phenols is 1. The van der Waals surface area contributed by atoms with Gasteiger partial charge in [0.2, 0.25) is 5.91 Å². The number of nitrogens with one attached hydrogen (secondary N) is 1. The minimum atomic E-state index is -1.05. The maximum atomic E-state index is 12.0. The monoisotopic (exact) mass is 389 g/mol. The third kappa shape index (κ3) is 11.4. The molecular weight excluding hydrogens is 354 g/mol. The maximum Gasteiger partial charge on any atom is 0.326 e. The second-order valence-corrected chi connectivity index (χ2v) is 7.25. The van der Waals surface area contributed by atoms with E-state index in [-0.39, 0.29) is 18.1 Å². The smallest absolute Gasteiger partial charge is 0.326 e. The third-order valence-corrected chi connectivity index (χ3v) is 4.68. The molecule has 1 amide bonds. The SMILES string of the molecule is CCCCC=CCCCCCCCC(=O)N[C@@H](Cc1ccc(O)cc1)C(=O)O. The molecule has 0 aliphatic rings. The van der Waals surface area contributed by atoms with Gasteiger partial charge in [-0.3, -0.25) is 4.79 Å². The fraction of sp³-hybridized carbons (Fsp3) is 0.565. The molecule has 0 aromatic heterocycles. The van der Waals surface area contributed by atoms with Crippen LogP contribution >= 0.6 is 0 Å². The van der Waals surface area contributed by atoms with Crippen LogP contribution in [0.4, 0.5) is 0 Å². The Balaban J connectivity index is 2.15. The molecule has 28 heavy (non-hydrogen) atoms. The zero-order chi connectivity index (χ0) is 20.6. The van der Waals surface area contributed by atoms with E-state index in [2.05, 4.69) is 24.4 Å². The van der Waals surface area contributed by atoms with Crippen LogP contribution < -0.4 is 5.32 Å². The number of aliphatic carboxylic acids is 1. The number of carbonyl (C=O) groups is 2. The number of amides is 1. The predicted octanol–water partition coefficient (Wildman–Crippen LogP) is 4.98. The number of carbonyl (C=O) groups excluding carboxylic acids is 1. The van der Waals surface area contributed by atoms with Gasteiger partial charge in [-0.2, -0.15) is 0 Å². The Labute approximate surface area is 168 Å². The van der Waals surface area contributed by atoms with Gasteiger partial charge < -0.3 is 15.5 Å². The molecule has 0 bridgehead atoms. The molecule has 0 unspecified atom stereocenters. The van der Waals surface area contributed by atoms with Crippen molar-refractivity contribution in [3.8, 4) is 5.75 Å². The predicted molar refractivity (Wildman–Crippen MR) is 112 cm³/mol. The van der Waals surface area contributed by atoms with Crippen LogP contribution in [0.5, 0.6) is 5.75 Å². The number of hydrogen-bond donors (Lipinski definition) is 3. The molecule has 156 valence electrons. The van der Waals surface area contributed by atoms with Gasteiger partial charge in [0.05, 0.1) is 0 Å². The van der Waals surface area contributed by atoms with Crippen molar-refractivity contribution in [3.63, 3.8) is 0 Å². The molecule has 5 heteroatoms. The van der Waals surface area contributed by atoms with Gasteiger partial charge in [0, 0.05) is 12.8 Å². The summed E-state index contributed by atoms with van der Waals surface area (Å²) >= 11 is 0. The molecule has 1 atom stereocenters. The summed E-state index contributed by atoms with van der Waals surface area (Å²) in [5.74, 6) is -1.13. The van der Waals surface area contributed by atoms with Gasteiger partial charge in [0.25, 0.3) is 0 Å². The lowest BCUT2D eigenvalue weighted by Gasteiger charge is -2.14. The van der Waals surface area contributed by atoms with E-state index in [0.717, 1.165) is 31.2 Å². The number of rotatable bonds is 15. The zero-order valence-electron chi connectivity index (χ0n) is 17.0. The largest absolute Gasteiger partial charge is 0.508 e. The first-order chi connectivity index (χ1) is 13.5. The van der Waals surface area contributed by atoms with E-state index in [1.54, 1.807) is 12.1 Å². The quantitative estimate of drug-likeness (QED) is 0.292. The second-order valence-electron chi connectivity index (χ2n) is 7.25. The molecular formula is C23H35NO4. The molecule has 0 aliphatic carbocycles. The standard InChI is InChI=1S/C23H35NO4/c1-2-3-4-5-6-7-8-9-10-11-12-13-22(26)24-21(23(27)28)18-19-14-16-20(25)17-15-19/h5-6,14-17,21,25H,2-4,7-13,18H2,1H3,(H,24,26)(H,27,28)/t21-/m0/s1. The summed E-state index contributed by atoms with van der Waals surface area (Å²) in [7, 11) is 0. The number of carboxylic acids is 1. The Kier molecular flexibility index (Phi) is 12.5. The molecule has 0 saturated carbocycles. The molecule has 0 fully saturated rings. The van der Waals surface area contributed by atoms with E-state index >= 15 is 0 Å². The first-order valence-electron chi connectivity index (χ1n) is 10.5. The summed E-state index contributed by atoms with van der Waals surface area (Å²) in [5, 5.41) is 21.2. The second kappa shape index (κ2) is 14.7. The number of benzene rings is 1. The molecule has 0 heterocycles. The van der Waals surface area contributed by atoms with Crippen molar-refractivity contribution in [2.75, 3.05) is 0 Å². The molecule has 0 radical (unpaired) electrons. The number of unbranched alkanes of at least 4 members (excludes halogenated alkanes) is 7. The van der Waals surface area contributed by atoms with Crippen molar-refractivity contribution in [1.29, 1.82) is 0 Å². The van der Waals surface area contributed by atoms with E-state index in [0.29, 0.717) is 6.42 Å². The van der Waals surface area contributed by atoms with Crippen molar-refractivity contribution in [3.05, 3.63) is 42.0 Å². The van der Waals surface area contributed by atoms with Crippen molar-refractivity contribution in [2.45, 2.75) is 83.6 Å². The number of allylic oxidation sites excluding steroid dienone is 2. The van der Waals surface area contributed by atoms with Crippen molar-refractivity contribution in [1.82, 2.24) is 5.32 Å². The lowest BCUT2D eigenvalue weighted by atomic mass is 10.0. The molecule has 1 aromatic rings. The van der Waals surface area contributed by atoms with E-state index in [1.165, 1.54) is 44.2 Å². The van der Waals surface area contributed by atoms with Crippen molar-refractivity contribution >= 4 is 11.9 Å². The Hall–Kier alpha value is -2.30. The zero-order valence-corrected chi connectivity index (χ0v) is 17.0. The first kappa shape index (κ1) is 23.7. The average Bonchev–Trinajstić information content (AvgIpc) is 2.67. The lowest BCUT2D eigenvalue weighted by Crippen LogP contribution is -2.42. The normalized spacial score (nSPS) is 12.2. The van der Waals surface area contributed by atoms with Gasteiger partial charge in [-0.25, -0.2) is 4.79 Å². The summed E-state index contributed by atoms with van der Waals surface area (Å²) < 4.78 is 0. The summed E-state index contributed by atoms with van der Waals surface area (Å²) in [5.41, 5.74) is 0.759. The van der Waals surface area contributed by atoms with Crippen molar-refractivity contribution < 1.29 is 19.8 Å². The first-order valence-corrected chi connectivity index (χ1v) is 10.5. The van der Waals surface area contributed by atoms with Crippen LogP contribution in [0.1, 0.15) is 76.7 Å². The minimum absolute atomic E-state index is 0.132. The van der Waals surface area contributed by atoms with Crippen LogP contribution in [0.3, 0.4) is 0 Å². The fourth-order valence-electron chi connectivity index (χ4n) is 2.97. The summed E-state index contributed by atoms with van der Waals surface area (Å²) in [4.78, 5) is 23.4. The average molecular weight is 390 g/mol. The highest BCUT2D eigenvalue weighted by molar-refractivity contribution is 5.83. The minimum Gasteiger partial charge on any atom is -0.508 e. The van der Waals surface area contributed by atoms with Gasteiger partial charge in [0.15, 0.2) is 0 Å². The molecule has 0 saturated heterocycles. The number of hydrogen-bond acceptors (Lipinski definition) is 3. The Morgan fingerprint density at radius 3 is 2.21 bits per heavy atom. The van der Waals surface area contributed by atoms with E-state index in [4.69, 9.17) is 0 Å². The molecule has 3 N–H and O–H groups in total.